The molecule has 6 nitrogen and oxygen atoms in total. The highest BCUT2D eigenvalue weighted by Gasteiger charge is 2.20. The minimum absolute atomic E-state index is 0.0325. The maximum atomic E-state index is 13.0. The quantitative estimate of drug-likeness (QED) is 0.433. The van der Waals surface area contributed by atoms with Gasteiger partial charge in [-0.25, -0.2) is 4.98 Å². The summed E-state index contributed by atoms with van der Waals surface area (Å²) in [6, 6.07) is 10.2. The molecule has 0 saturated heterocycles. The number of aliphatic hydroxyl groups excluding tert-OH is 1. The van der Waals surface area contributed by atoms with Crippen LogP contribution in [-0.4, -0.2) is 45.8 Å². The van der Waals surface area contributed by atoms with E-state index in [0.29, 0.717) is 44.6 Å². The molecular weight excluding hydrogens is 434 g/mol. The van der Waals surface area contributed by atoms with E-state index in [9.17, 15) is 9.90 Å². The van der Waals surface area contributed by atoms with Crippen molar-refractivity contribution in [2.24, 2.45) is 5.92 Å². The van der Waals surface area contributed by atoms with E-state index in [1.54, 1.807) is 11.3 Å². The van der Waals surface area contributed by atoms with E-state index in [-0.39, 0.29) is 5.56 Å². The summed E-state index contributed by atoms with van der Waals surface area (Å²) in [5.41, 5.74) is 2.33. The maximum absolute atomic E-state index is 13.0. The van der Waals surface area contributed by atoms with Crippen molar-refractivity contribution < 1.29 is 9.84 Å². The van der Waals surface area contributed by atoms with Gasteiger partial charge in [-0.15, -0.1) is 11.3 Å². The second-order valence-corrected chi connectivity index (χ2v) is 10.6. The average Bonchev–Trinajstić information content (AvgIpc) is 2.96. The molecule has 0 fully saturated rings. The first-order valence-electron chi connectivity index (χ1n) is 12.0. The van der Waals surface area contributed by atoms with Gasteiger partial charge in [-0.1, -0.05) is 50.6 Å². The molecule has 1 aliphatic carbocycles. The fourth-order valence-electron chi connectivity index (χ4n) is 4.49. The Labute approximate surface area is 199 Å². The van der Waals surface area contributed by atoms with E-state index in [4.69, 9.17) is 9.72 Å². The molecule has 0 aliphatic heterocycles. The lowest BCUT2D eigenvalue weighted by molar-refractivity contribution is 0.00517. The summed E-state index contributed by atoms with van der Waals surface area (Å²) >= 11 is 1.68. The van der Waals surface area contributed by atoms with Crippen molar-refractivity contribution in [3.63, 3.8) is 0 Å². The molecule has 1 aliphatic rings. The molecule has 4 rings (SSSR count). The highest BCUT2D eigenvalue weighted by molar-refractivity contribution is 7.18. The van der Waals surface area contributed by atoms with Crippen molar-refractivity contribution in [1.82, 2.24) is 14.9 Å². The van der Waals surface area contributed by atoms with Crippen LogP contribution in [0.4, 0.5) is 0 Å². The van der Waals surface area contributed by atoms with Crippen LogP contribution in [-0.2, 0) is 30.7 Å². The summed E-state index contributed by atoms with van der Waals surface area (Å²) in [5, 5.41) is 11.4. The average molecular weight is 470 g/mol. The Morgan fingerprint density at radius 3 is 2.70 bits per heavy atom. The van der Waals surface area contributed by atoms with E-state index in [1.165, 1.54) is 23.3 Å². The standard InChI is InChI=1S/C26H35N3O3S/c1-18(2)16-32-17-20(30)14-29(13-19-9-5-3-6-10-19)15-23-27-25(31)24-21-11-7-4-8-12-22(21)33-26(24)28-23/h3,5-6,9-10,18,20,30H,4,7-8,11-17H2,1-2H3,(H,27,28,31). The first kappa shape index (κ1) is 24.1. The van der Waals surface area contributed by atoms with Crippen LogP contribution in [0.1, 0.15) is 54.9 Å². The number of ether oxygens (including phenoxy) is 1. The van der Waals surface area contributed by atoms with Crippen molar-refractivity contribution in [1.29, 1.82) is 0 Å². The fourth-order valence-corrected chi connectivity index (χ4v) is 5.77. The van der Waals surface area contributed by atoms with E-state index in [0.717, 1.165) is 35.0 Å². The lowest BCUT2D eigenvalue weighted by atomic mass is 10.1. The number of aromatic amines is 1. The molecule has 2 N–H and O–H groups in total. The van der Waals surface area contributed by atoms with Gasteiger partial charge < -0.3 is 14.8 Å². The van der Waals surface area contributed by atoms with Crippen molar-refractivity contribution in [2.45, 2.75) is 65.1 Å². The first-order valence-corrected chi connectivity index (χ1v) is 12.9. The zero-order chi connectivity index (χ0) is 23.2. The van der Waals surface area contributed by atoms with Gasteiger partial charge in [0, 0.05) is 24.6 Å². The van der Waals surface area contributed by atoms with Crippen LogP contribution in [0.2, 0.25) is 0 Å². The zero-order valence-corrected chi connectivity index (χ0v) is 20.5. The first-order chi connectivity index (χ1) is 16.0. The van der Waals surface area contributed by atoms with Crippen LogP contribution >= 0.6 is 11.3 Å². The third-order valence-corrected chi connectivity index (χ3v) is 7.16. The van der Waals surface area contributed by atoms with Crippen molar-refractivity contribution in [3.8, 4) is 0 Å². The Morgan fingerprint density at radius 2 is 1.91 bits per heavy atom. The Morgan fingerprint density at radius 1 is 1.12 bits per heavy atom. The molecule has 0 spiro atoms. The highest BCUT2D eigenvalue weighted by Crippen LogP contribution is 2.32. The number of thiophene rings is 1. The molecule has 2 heterocycles. The highest BCUT2D eigenvalue weighted by atomic mass is 32.1. The number of hydrogen-bond donors (Lipinski definition) is 2. The Hall–Kier alpha value is -2.06. The largest absolute Gasteiger partial charge is 0.389 e. The van der Waals surface area contributed by atoms with Crippen molar-refractivity contribution in [3.05, 3.63) is 62.5 Å². The van der Waals surface area contributed by atoms with Crippen LogP contribution < -0.4 is 5.56 Å². The predicted octanol–water partition coefficient (Wildman–Crippen LogP) is 4.29. The second-order valence-electron chi connectivity index (χ2n) is 9.50. The van der Waals surface area contributed by atoms with Crippen molar-refractivity contribution >= 4 is 21.6 Å². The van der Waals surface area contributed by atoms with Crippen LogP contribution in [0.5, 0.6) is 0 Å². The third-order valence-electron chi connectivity index (χ3n) is 5.98. The van der Waals surface area contributed by atoms with E-state index >= 15 is 0 Å². The van der Waals surface area contributed by atoms with Gasteiger partial charge in [0.2, 0.25) is 0 Å². The molecule has 0 amide bonds. The number of aliphatic hydroxyl groups is 1. The van der Waals surface area contributed by atoms with Gasteiger partial charge in [0.15, 0.2) is 0 Å². The summed E-state index contributed by atoms with van der Waals surface area (Å²) in [6.45, 7) is 6.67. The van der Waals surface area contributed by atoms with Crippen LogP contribution in [0.3, 0.4) is 0 Å². The Kier molecular flexibility index (Phi) is 8.30. The fraction of sp³-hybridized carbons (Fsp3) is 0.538. The zero-order valence-electron chi connectivity index (χ0n) is 19.7. The van der Waals surface area contributed by atoms with Crippen molar-refractivity contribution in [2.75, 3.05) is 19.8 Å². The number of H-pyrrole nitrogens is 1. The molecule has 7 heteroatoms. The lowest BCUT2D eigenvalue weighted by Gasteiger charge is -2.25. The molecule has 2 aromatic heterocycles. The number of hydrogen-bond acceptors (Lipinski definition) is 6. The monoisotopic (exact) mass is 469 g/mol. The molecule has 0 radical (unpaired) electrons. The maximum Gasteiger partial charge on any atom is 0.259 e. The normalized spacial score (nSPS) is 15.2. The van der Waals surface area contributed by atoms with Gasteiger partial charge in [-0.3, -0.25) is 9.69 Å². The second kappa shape index (κ2) is 11.4. The van der Waals surface area contributed by atoms with Gasteiger partial charge in [-0.2, -0.15) is 0 Å². The molecule has 33 heavy (non-hydrogen) atoms. The van der Waals surface area contributed by atoms with Gasteiger partial charge in [-0.05, 0) is 42.7 Å². The molecule has 3 aromatic rings. The molecule has 1 unspecified atom stereocenters. The number of nitrogens with one attached hydrogen (secondary N) is 1. The minimum atomic E-state index is -0.610. The molecule has 178 valence electrons. The molecule has 1 aromatic carbocycles. The molecule has 1 atom stereocenters. The van der Waals surface area contributed by atoms with Gasteiger partial charge in [0.1, 0.15) is 10.7 Å². The van der Waals surface area contributed by atoms with E-state index in [1.807, 2.05) is 18.2 Å². The lowest BCUT2D eigenvalue weighted by Crippen LogP contribution is -2.35. The van der Waals surface area contributed by atoms with E-state index < -0.39 is 6.10 Å². The minimum Gasteiger partial charge on any atom is -0.389 e. The van der Waals surface area contributed by atoms with E-state index in [2.05, 4.69) is 35.9 Å². The number of benzene rings is 1. The molecule has 0 bridgehead atoms. The Bertz CT molecular complexity index is 1090. The SMILES string of the molecule is CC(C)COCC(O)CN(Cc1ccccc1)Cc1nc2sc3c(c2c(=O)[nH]1)CCCCC3. The predicted molar refractivity (Wildman–Crippen MR) is 134 cm³/mol. The summed E-state index contributed by atoms with van der Waals surface area (Å²) in [7, 11) is 0. The van der Waals surface area contributed by atoms with Gasteiger partial charge >= 0.3 is 0 Å². The van der Waals surface area contributed by atoms with Crippen LogP contribution in [0.25, 0.3) is 10.2 Å². The van der Waals surface area contributed by atoms with Gasteiger partial charge in [0.25, 0.3) is 5.56 Å². The Balaban J connectivity index is 1.53. The number of rotatable bonds is 10. The van der Waals surface area contributed by atoms with Gasteiger partial charge in [0.05, 0.1) is 24.6 Å². The van der Waals surface area contributed by atoms with Crippen LogP contribution in [0.15, 0.2) is 35.1 Å². The number of aromatic nitrogens is 2. The number of fused-ring (bicyclic) bond motifs is 3. The topological polar surface area (TPSA) is 78.5 Å². The van der Waals surface area contributed by atoms with Crippen LogP contribution in [0, 0.1) is 5.92 Å². The smallest absolute Gasteiger partial charge is 0.259 e. The summed E-state index contributed by atoms with van der Waals surface area (Å²) in [4.78, 5) is 25.2. The third kappa shape index (κ3) is 6.51. The molecule has 0 saturated carbocycles. The summed E-state index contributed by atoms with van der Waals surface area (Å²) < 4.78 is 5.64. The molecular formula is C26H35N3O3S. The number of nitrogens with zero attached hydrogens (tertiary/aromatic N) is 2. The summed E-state index contributed by atoms with van der Waals surface area (Å²) in [6.07, 6.45) is 4.97. The summed E-state index contributed by atoms with van der Waals surface area (Å²) in [5.74, 6) is 1.08. The number of aryl methyl sites for hydroxylation is 2.